The molecule has 2 aliphatic rings. The lowest BCUT2D eigenvalue weighted by Gasteiger charge is -2.45. The highest BCUT2D eigenvalue weighted by atomic mass is 35.5. The fraction of sp³-hybridized carbons (Fsp3) is 0.636. The molecule has 2 amide bonds. The highest BCUT2D eigenvalue weighted by molar-refractivity contribution is 5.97. The van der Waals surface area contributed by atoms with E-state index in [1.807, 2.05) is 39.0 Å². The van der Waals surface area contributed by atoms with Gasteiger partial charge in [-0.2, -0.15) is 0 Å². The summed E-state index contributed by atoms with van der Waals surface area (Å²) in [6.45, 7) is 5.90. The molecule has 1 aromatic rings. The number of hydrogen-bond donors (Lipinski definition) is 3. The minimum atomic E-state index is -0.533. The zero-order valence-electron chi connectivity index (χ0n) is 17.1. The van der Waals surface area contributed by atoms with E-state index >= 15 is 0 Å². The van der Waals surface area contributed by atoms with Crippen molar-refractivity contribution in [3.8, 4) is 0 Å². The van der Waals surface area contributed by atoms with Gasteiger partial charge in [0, 0.05) is 17.6 Å². The third-order valence-corrected chi connectivity index (χ3v) is 6.20. The Morgan fingerprint density at radius 1 is 1.14 bits per heavy atom. The van der Waals surface area contributed by atoms with Crippen LogP contribution in [0, 0.1) is 24.7 Å². The number of aryl methyl sites for hydroxylation is 1. The fourth-order valence-electron chi connectivity index (χ4n) is 4.82. The molecular formula is C22H34ClN3O2. The van der Waals surface area contributed by atoms with Crippen LogP contribution in [-0.2, 0) is 4.79 Å². The molecule has 5 nitrogen and oxygen atoms in total. The molecule has 0 spiro atoms. The zero-order chi connectivity index (χ0) is 19.6. The second kappa shape index (κ2) is 9.75. The number of fused-ring (bicyclic) bond motifs is 2. The predicted molar refractivity (Wildman–Crippen MR) is 114 cm³/mol. The van der Waals surface area contributed by atoms with Gasteiger partial charge in [-0.3, -0.25) is 9.59 Å². The minimum Gasteiger partial charge on any atom is -0.351 e. The Balaban J connectivity index is 0.00000280. The smallest absolute Gasteiger partial charge is 0.251 e. The summed E-state index contributed by atoms with van der Waals surface area (Å²) < 4.78 is 0. The molecule has 2 aliphatic carbocycles. The highest BCUT2D eigenvalue weighted by Gasteiger charge is 2.41. The quantitative estimate of drug-likeness (QED) is 0.700. The molecule has 0 saturated heterocycles. The lowest BCUT2D eigenvalue weighted by molar-refractivity contribution is -0.126. The maximum atomic E-state index is 13.0. The van der Waals surface area contributed by atoms with E-state index in [1.165, 1.54) is 6.42 Å². The number of carbonyl (C=O) groups is 2. The monoisotopic (exact) mass is 407 g/mol. The molecule has 2 saturated carbocycles. The normalized spacial score (nSPS) is 27.5. The van der Waals surface area contributed by atoms with Gasteiger partial charge in [-0.15, -0.1) is 12.4 Å². The first kappa shape index (κ1) is 22.7. The van der Waals surface area contributed by atoms with Gasteiger partial charge in [-0.25, -0.2) is 0 Å². The number of hydrogen-bond acceptors (Lipinski definition) is 3. The second-order valence-corrected chi connectivity index (χ2v) is 8.78. The van der Waals surface area contributed by atoms with Gasteiger partial charge in [-0.05, 0) is 62.5 Å². The van der Waals surface area contributed by atoms with Crippen LogP contribution >= 0.6 is 12.4 Å². The van der Waals surface area contributed by atoms with Crippen molar-refractivity contribution in [2.24, 2.45) is 23.5 Å². The third kappa shape index (κ3) is 5.26. The van der Waals surface area contributed by atoms with Crippen LogP contribution in [0.2, 0.25) is 0 Å². The van der Waals surface area contributed by atoms with E-state index in [4.69, 9.17) is 5.73 Å². The summed E-state index contributed by atoms with van der Waals surface area (Å²) in [6.07, 6.45) is 5.48. The fourth-order valence-corrected chi connectivity index (χ4v) is 4.82. The summed E-state index contributed by atoms with van der Waals surface area (Å²) in [5.41, 5.74) is 7.82. The van der Waals surface area contributed by atoms with Crippen molar-refractivity contribution >= 4 is 24.2 Å². The molecule has 1 aromatic carbocycles. The highest BCUT2D eigenvalue weighted by Crippen LogP contribution is 2.39. The van der Waals surface area contributed by atoms with Crippen LogP contribution in [0.5, 0.6) is 0 Å². The Kier molecular flexibility index (Phi) is 7.90. The topological polar surface area (TPSA) is 84.2 Å². The molecule has 0 aromatic heterocycles. The number of amides is 2. The van der Waals surface area contributed by atoms with E-state index in [0.717, 1.165) is 31.2 Å². The molecule has 6 heteroatoms. The van der Waals surface area contributed by atoms with Crippen molar-refractivity contribution in [2.75, 3.05) is 0 Å². The number of benzene rings is 1. The number of rotatable bonds is 5. The standard InChI is InChI=1S/C22H33N3O2.ClH/c1-13(2)19(24-21(26)17-9-4-6-14(3)10-17)22(27)25-20-15-7-5-8-16(20)12-18(23)11-15;/h4,6,9-10,13,15-16,18-20H,5,7-8,11-12,23H2,1-3H3,(H,24,26)(H,25,27);1H. The van der Waals surface area contributed by atoms with Crippen molar-refractivity contribution in [2.45, 2.75) is 71.0 Å². The first-order valence-corrected chi connectivity index (χ1v) is 10.3. The van der Waals surface area contributed by atoms with E-state index in [0.29, 0.717) is 17.4 Å². The van der Waals surface area contributed by atoms with E-state index < -0.39 is 6.04 Å². The summed E-state index contributed by atoms with van der Waals surface area (Å²) in [5.74, 6) is 0.694. The van der Waals surface area contributed by atoms with Gasteiger partial charge in [0.15, 0.2) is 0 Å². The maximum Gasteiger partial charge on any atom is 0.251 e. The van der Waals surface area contributed by atoms with Gasteiger partial charge in [0.05, 0.1) is 0 Å². The van der Waals surface area contributed by atoms with Crippen LogP contribution in [0.25, 0.3) is 0 Å². The van der Waals surface area contributed by atoms with Crippen LogP contribution in [-0.4, -0.2) is 29.9 Å². The van der Waals surface area contributed by atoms with Crippen molar-refractivity contribution in [1.29, 1.82) is 0 Å². The predicted octanol–water partition coefficient (Wildman–Crippen LogP) is 3.19. The van der Waals surface area contributed by atoms with E-state index in [-0.39, 0.29) is 42.2 Å². The molecule has 3 atom stereocenters. The SMILES string of the molecule is Cc1cccc(C(=O)NC(C(=O)NC2C3CCCC2CC(N)C3)C(C)C)c1.Cl. The zero-order valence-corrected chi connectivity index (χ0v) is 17.9. The average Bonchev–Trinajstić information content (AvgIpc) is 2.59. The molecule has 0 heterocycles. The Morgan fingerprint density at radius 3 is 2.36 bits per heavy atom. The second-order valence-electron chi connectivity index (χ2n) is 8.78. The number of carbonyl (C=O) groups excluding carboxylic acids is 2. The van der Waals surface area contributed by atoms with E-state index in [2.05, 4.69) is 10.6 Å². The lowest BCUT2D eigenvalue weighted by atomic mass is 9.67. The minimum absolute atomic E-state index is 0. The molecule has 0 aliphatic heterocycles. The van der Waals surface area contributed by atoms with Crippen molar-refractivity contribution in [1.82, 2.24) is 10.6 Å². The van der Waals surface area contributed by atoms with Crippen molar-refractivity contribution < 1.29 is 9.59 Å². The Labute approximate surface area is 174 Å². The summed E-state index contributed by atoms with van der Waals surface area (Å²) in [4.78, 5) is 25.7. The lowest BCUT2D eigenvalue weighted by Crippen LogP contribution is -2.58. The molecule has 2 bridgehead atoms. The summed E-state index contributed by atoms with van der Waals surface area (Å²) >= 11 is 0. The Bertz CT molecular complexity index is 680. The van der Waals surface area contributed by atoms with Crippen LogP contribution < -0.4 is 16.4 Å². The average molecular weight is 408 g/mol. The van der Waals surface area contributed by atoms with Gasteiger partial charge in [0.2, 0.25) is 5.91 Å². The van der Waals surface area contributed by atoms with E-state index in [1.54, 1.807) is 6.07 Å². The van der Waals surface area contributed by atoms with Crippen LogP contribution in [0.3, 0.4) is 0 Å². The molecule has 4 N–H and O–H groups in total. The first-order chi connectivity index (χ1) is 12.8. The summed E-state index contributed by atoms with van der Waals surface area (Å²) in [6, 6.07) is 7.37. The summed E-state index contributed by atoms with van der Waals surface area (Å²) in [5, 5.41) is 6.23. The molecule has 156 valence electrons. The van der Waals surface area contributed by atoms with Gasteiger partial charge in [0.25, 0.3) is 5.91 Å². The first-order valence-electron chi connectivity index (χ1n) is 10.3. The maximum absolute atomic E-state index is 13.0. The number of nitrogens with two attached hydrogens (primary N) is 1. The van der Waals surface area contributed by atoms with Crippen LogP contribution in [0.15, 0.2) is 24.3 Å². The molecule has 28 heavy (non-hydrogen) atoms. The van der Waals surface area contributed by atoms with Crippen molar-refractivity contribution in [3.05, 3.63) is 35.4 Å². The summed E-state index contributed by atoms with van der Waals surface area (Å²) in [7, 11) is 0. The van der Waals surface area contributed by atoms with Gasteiger partial charge >= 0.3 is 0 Å². The number of halogens is 1. The van der Waals surface area contributed by atoms with Crippen molar-refractivity contribution in [3.63, 3.8) is 0 Å². The van der Waals surface area contributed by atoms with Gasteiger partial charge in [-0.1, -0.05) is 38.0 Å². The largest absolute Gasteiger partial charge is 0.351 e. The molecule has 3 unspecified atom stereocenters. The Hall–Kier alpha value is -1.59. The number of nitrogens with one attached hydrogen (secondary N) is 2. The van der Waals surface area contributed by atoms with Crippen LogP contribution in [0.4, 0.5) is 0 Å². The Morgan fingerprint density at radius 2 is 1.79 bits per heavy atom. The van der Waals surface area contributed by atoms with Crippen LogP contribution in [0.1, 0.15) is 61.9 Å². The van der Waals surface area contributed by atoms with Gasteiger partial charge < -0.3 is 16.4 Å². The van der Waals surface area contributed by atoms with E-state index in [9.17, 15) is 9.59 Å². The molecule has 3 rings (SSSR count). The third-order valence-electron chi connectivity index (χ3n) is 6.20. The molecule has 0 radical (unpaired) electrons. The van der Waals surface area contributed by atoms with Gasteiger partial charge in [0.1, 0.15) is 6.04 Å². The molecule has 2 fully saturated rings. The molecular weight excluding hydrogens is 374 g/mol.